The molecule has 3 heterocycles. The van der Waals surface area contributed by atoms with Gasteiger partial charge in [0.1, 0.15) is 29.5 Å². The van der Waals surface area contributed by atoms with E-state index >= 15 is 0 Å². The third-order valence-electron chi connectivity index (χ3n) is 7.11. The van der Waals surface area contributed by atoms with E-state index in [-0.39, 0.29) is 19.1 Å². The number of para-hydroxylation sites is 2. The van der Waals surface area contributed by atoms with Crippen LogP contribution in [0.25, 0.3) is 11.0 Å². The van der Waals surface area contributed by atoms with Crippen LogP contribution in [-0.4, -0.2) is 83.5 Å². The number of halogens is 1. The van der Waals surface area contributed by atoms with E-state index in [1.54, 1.807) is 6.20 Å². The second-order valence-corrected chi connectivity index (χ2v) is 11.9. The number of carbonyl (C=O) groups is 1. The number of nitrogens with one attached hydrogen (secondary N) is 2. The summed E-state index contributed by atoms with van der Waals surface area (Å²) >= 11 is 0. The van der Waals surface area contributed by atoms with Crippen molar-refractivity contribution in [2.75, 3.05) is 50.5 Å². The van der Waals surface area contributed by atoms with Gasteiger partial charge in [-0.15, -0.1) is 0 Å². The van der Waals surface area contributed by atoms with Gasteiger partial charge in [-0.05, 0) is 89.6 Å². The topological polar surface area (TPSA) is 102 Å². The van der Waals surface area contributed by atoms with Crippen molar-refractivity contribution >= 4 is 28.6 Å². The molecular formula is C32H45FN6O3. The second-order valence-electron chi connectivity index (χ2n) is 11.9. The first kappa shape index (κ1) is 31.6. The van der Waals surface area contributed by atoms with Crippen LogP contribution < -0.4 is 10.6 Å². The Kier molecular flexibility index (Phi) is 11.4. The standard InChI is InChI=1S/C32H45FN6O3/c1-32(2,3)42-31(40)28(38-29-20-35-26-12-5-6-13-27(26)37-29)16-19-39(21-24(33)22-41-4)18-8-7-11-25-15-14-23-10-9-17-34-30(23)36-25/h5-6,12-15,20,24,28H,7-11,16-19,21-22H2,1-4H3,(H,34,36)(H,37,38)/t24-,28-/m0/s1. The second kappa shape index (κ2) is 15.2. The first-order valence-corrected chi connectivity index (χ1v) is 15.0. The number of nitrogens with zero attached hydrogens (tertiary/aromatic N) is 4. The van der Waals surface area contributed by atoms with Crippen molar-refractivity contribution in [3.8, 4) is 0 Å². The van der Waals surface area contributed by atoms with Crippen molar-refractivity contribution in [2.24, 2.45) is 0 Å². The lowest BCUT2D eigenvalue weighted by molar-refractivity contribution is -0.156. The van der Waals surface area contributed by atoms with Crippen LogP contribution in [0.15, 0.2) is 42.6 Å². The highest BCUT2D eigenvalue weighted by molar-refractivity contribution is 5.80. The Morgan fingerprint density at radius 2 is 1.93 bits per heavy atom. The van der Waals surface area contributed by atoms with Crippen molar-refractivity contribution in [1.29, 1.82) is 0 Å². The SMILES string of the molecule is COC[C@@H](F)CN(CCCCc1ccc2c(n1)NCCC2)CC[C@H](Nc1cnc2ccccc2n1)C(=O)OC(C)(C)C. The van der Waals surface area contributed by atoms with E-state index < -0.39 is 17.8 Å². The first-order chi connectivity index (χ1) is 20.2. The summed E-state index contributed by atoms with van der Waals surface area (Å²) in [7, 11) is 1.50. The minimum absolute atomic E-state index is 0.0307. The van der Waals surface area contributed by atoms with Gasteiger partial charge < -0.3 is 25.0 Å². The average molecular weight is 581 g/mol. The molecule has 0 saturated carbocycles. The van der Waals surface area contributed by atoms with Gasteiger partial charge in [-0.1, -0.05) is 18.2 Å². The maximum atomic E-state index is 14.7. The molecule has 9 nitrogen and oxygen atoms in total. The quantitative estimate of drug-likeness (QED) is 0.185. The molecule has 0 spiro atoms. The average Bonchev–Trinajstić information content (AvgIpc) is 2.96. The van der Waals surface area contributed by atoms with Gasteiger partial charge >= 0.3 is 5.97 Å². The summed E-state index contributed by atoms with van der Waals surface area (Å²) in [5.74, 6) is 1.13. The zero-order valence-corrected chi connectivity index (χ0v) is 25.4. The van der Waals surface area contributed by atoms with Crippen LogP contribution in [0, 0.1) is 0 Å². The summed E-state index contributed by atoms with van der Waals surface area (Å²) in [6.45, 7) is 7.96. The van der Waals surface area contributed by atoms with E-state index in [2.05, 4.69) is 37.6 Å². The molecule has 0 radical (unpaired) electrons. The smallest absolute Gasteiger partial charge is 0.329 e. The summed E-state index contributed by atoms with van der Waals surface area (Å²) in [5, 5.41) is 6.63. The molecule has 1 aliphatic rings. The number of fused-ring (bicyclic) bond motifs is 2. The number of carbonyl (C=O) groups excluding carboxylic acids is 1. The third kappa shape index (κ3) is 9.87. The Morgan fingerprint density at radius 3 is 2.71 bits per heavy atom. The number of rotatable bonds is 15. The molecule has 0 bridgehead atoms. The van der Waals surface area contributed by atoms with Crippen LogP contribution >= 0.6 is 0 Å². The van der Waals surface area contributed by atoms with E-state index in [0.717, 1.165) is 61.2 Å². The Hall–Kier alpha value is -3.37. The molecule has 10 heteroatoms. The van der Waals surface area contributed by atoms with E-state index in [9.17, 15) is 9.18 Å². The normalized spacial score (nSPS) is 14.7. The summed E-state index contributed by atoms with van der Waals surface area (Å²) < 4.78 is 25.5. The highest BCUT2D eigenvalue weighted by atomic mass is 19.1. The number of benzene rings is 1. The number of hydrogen-bond acceptors (Lipinski definition) is 9. The maximum absolute atomic E-state index is 14.7. The third-order valence-corrected chi connectivity index (χ3v) is 7.11. The highest BCUT2D eigenvalue weighted by Crippen LogP contribution is 2.21. The van der Waals surface area contributed by atoms with E-state index in [1.165, 1.54) is 12.7 Å². The molecule has 0 saturated heterocycles. The number of aryl methyl sites for hydroxylation is 2. The zero-order chi connectivity index (χ0) is 30.0. The van der Waals surface area contributed by atoms with Gasteiger partial charge in [0.05, 0.1) is 23.8 Å². The first-order valence-electron chi connectivity index (χ1n) is 15.0. The fourth-order valence-electron chi connectivity index (χ4n) is 5.10. The fourth-order valence-corrected chi connectivity index (χ4v) is 5.10. The molecule has 4 rings (SSSR count). The Labute approximate surface area is 248 Å². The summed E-state index contributed by atoms with van der Waals surface area (Å²) in [5.41, 5.74) is 3.22. The number of pyridine rings is 1. The van der Waals surface area contributed by atoms with Crippen LogP contribution in [-0.2, 0) is 27.1 Å². The molecule has 1 aromatic carbocycles. The van der Waals surface area contributed by atoms with Crippen LogP contribution in [0.2, 0.25) is 0 Å². The molecular weight excluding hydrogens is 535 g/mol. The summed E-state index contributed by atoms with van der Waals surface area (Å²) in [6, 6.07) is 11.2. The zero-order valence-electron chi connectivity index (χ0n) is 25.4. The lowest BCUT2D eigenvalue weighted by atomic mass is 10.1. The minimum Gasteiger partial charge on any atom is -0.458 e. The number of methoxy groups -OCH3 is 1. The van der Waals surface area contributed by atoms with Gasteiger partial charge in [-0.3, -0.25) is 4.98 Å². The number of aromatic nitrogens is 3. The van der Waals surface area contributed by atoms with Gasteiger partial charge in [0.2, 0.25) is 0 Å². The highest BCUT2D eigenvalue weighted by Gasteiger charge is 2.27. The summed E-state index contributed by atoms with van der Waals surface area (Å²) in [6.07, 6.45) is 5.81. The molecule has 2 atom stereocenters. The van der Waals surface area contributed by atoms with E-state index in [4.69, 9.17) is 14.5 Å². The molecule has 2 N–H and O–H groups in total. The number of ether oxygens (including phenoxy) is 2. The van der Waals surface area contributed by atoms with E-state index in [0.29, 0.717) is 25.3 Å². The number of unbranched alkanes of at least 4 members (excludes halogenated alkanes) is 1. The van der Waals surface area contributed by atoms with Crippen molar-refractivity contribution in [1.82, 2.24) is 19.9 Å². The number of alkyl halides is 1. The van der Waals surface area contributed by atoms with Crippen molar-refractivity contribution in [3.05, 3.63) is 53.9 Å². The van der Waals surface area contributed by atoms with Gasteiger partial charge in [-0.2, -0.15) is 0 Å². The number of anilines is 2. The molecule has 0 aliphatic carbocycles. The number of hydrogen-bond donors (Lipinski definition) is 2. The van der Waals surface area contributed by atoms with Crippen molar-refractivity contribution < 1.29 is 18.7 Å². The predicted octanol–water partition coefficient (Wildman–Crippen LogP) is 5.20. The molecule has 0 unspecified atom stereocenters. The van der Waals surface area contributed by atoms with Crippen LogP contribution in [0.1, 0.15) is 57.7 Å². The fraction of sp³-hybridized carbons (Fsp3) is 0.562. The van der Waals surface area contributed by atoms with Crippen molar-refractivity contribution in [3.63, 3.8) is 0 Å². The summed E-state index contributed by atoms with van der Waals surface area (Å²) in [4.78, 5) is 29.2. The van der Waals surface area contributed by atoms with E-state index in [1.807, 2.05) is 45.0 Å². The van der Waals surface area contributed by atoms with Crippen LogP contribution in [0.4, 0.5) is 16.0 Å². The lowest BCUT2D eigenvalue weighted by Crippen LogP contribution is -2.41. The van der Waals surface area contributed by atoms with Gasteiger partial charge in [0, 0.05) is 32.4 Å². The molecule has 42 heavy (non-hydrogen) atoms. The molecule has 0 fully saturated rings. The molecule has 1 aliphatic heterocycles. The van der Waals surface area contributed by atoms with Crippen LogP contribution in [0.5, 0.6) is 0 Å². The predicted molar refractivity (Wildman–Crippen MR) is 165 cm³/mol. The van der Waals surface area contributed by atoms with Gasteiger partial charge in [-0.25, -0.2) is 19.2 Å². The Morgan fingerprint density at radius 1 is 1.12 bits per heavy atom. The molecule has 228 valence electrons. The number of esters is 1. The monoisotopic (exact) mass is 580 g/mol. The van der Waals surface area contributed by atoms with Crippen molar-refractivity contribution in [2.45, 2.75) is 77.1 Å². The Bertz CT molecular complexity index is 1300. The van der Waals surface area contributed by atoms with Gasteiger partial charge in [0.15, 0.2) is 0 Å². The molecule has 3 aromatic rings. The minimum atomic E-state index is -1.12. The van der Waals surface area contributed by atoms with Gasteiger partial charge in [0.25, 0.3) is 0 Å². The lowest BCUT2D eigenvalue weighted by Gasteiger charge is -2.28. The largest absolute Gasteiger partial charge is 0.458 e. The Balaban J connectivity index is 1.38. The molecule has 2 aromatic heterocycles. The molecule has 0 amide bonds. The van der Waals surface area contributed by atoms with Crippen LogP contribution in [0.3, 0.4) is 0 Å². The maximum Gasteiger partial charge on any atom is 0.329 e.